The Labute approximate surface area is 104 Å². The van der Waals surface area contributed by atoms with Crippen LogP contribution in [0.2, 0.25) is 0 Å². The predicted molar refractivity (Wildman–Crippen MR) is 63.2 cm³/mol. The molecule has 1 amide bonds. The smallest absolute Gasteiger partial charge is 0.253 e. The Morgan fingerprint density at radius 1 is 1.44 bits per heavy atom. The molecule has 0 aliphatic carbocycles. The van der Waals surface area contributed by atoms with Crippen molar-refractivity contribution in [1.29, 1.82) is 0 Å². The Balaban J connectivity index is 1.87. The molecule has 1 fully saturated rings. The molecule has 7 heteroatoms. The van der Waals surface area contributed by atoms with Gasteiger partial charge in [0.1, 0.15) is 12.4 Å². The van der Waals surface area contributed by atoms with E-state index in [0.29, 0.717) is 5.56 Å². The Kier molecular flexibility index (Phi) is 4.21. The minimum absolute atomic E-state index is 0.264. The highest BCUT2D eigenvalue weighted by Gasteiger charge is 2.25. The predicted octanol–water partition coefficient (Wildman–Crippen LogP) is -1.34. The van der Waals surface area contributed by atoms with E-state index < -0.39 is 0 Å². The standard InChI is InChI=1S/C11H16FN5O/c1-2-7-17-15-11(14-16-17)13-10(18)8-3-5-9(12)6-4-8/h3-6,11,14-16H,2,7H2,1H3,(H,13,18)/p+1. The summed E-state index contributed by atoms with van der Waals surface area (Å²) in [4.78, 5) is 11.8. The number of hydrazine groups is 1. The van der Waals surface area contributed by atoms with E-state index in [4.69, 9.17) is 0 Å². The molecule has 0 radical (unpaired) electrons. The van der Waals surface area contributed by atoms with E-state index in [-0.39, 0.29) is 18.0 Å². The van der Waals surface area contributed by atoms with Gasteiger partial charge < -0.3 is 5.32 Å². The van der Waals surface area contributed by atoms with E-state index in [1.54, 1.807) is 0 Å². The zero-order chi connectivity index (χ0) is 13.0. The molecular weight excluding hydrogens is 237 g/mol. The van der Waals surface area contributed by atoms with Gasteiger partial charge in [-0.25, -0.2) is 4.39 Å². The summed E-state index contributed by atoms with van der Waals surface area (Å²) in [5.41, 5.74) is 9.37. The molecule has 5 N–H and O–H groups in total. The molecule has 2 atom stereocenters. The van der Waals surface area contributed by atoms with Crippen LogP contribution in [0, 0.1) is 5.82 Å². The molecule has 1 aromatic rings. The lowest BCUT2D eigenvalue weighted by atomic mass is 10.2. The molecule has 1 aliphatic rings. The monoisotopic (exact) mass is 254 g/mol. The second kappa shape index (κ2) is 5.87. The maximum Gasteiger partial charge on any atom is 0.253 e. The fraction of sp³-hybridized carbons (Fsp3) is 0.364. The average Bonchev–Trinajstić information content (AvgIpc) is 2.78. The van der Waals surface area contributed by atoms with E-state index in [9.17, 15) is 9.18 Å². The Morgan fingerprint density at radius 3 is 2.83 bits per heavy atom. The number of benzene rings is 1. The van der Waals surface area contributed by atoms with E-state index in [2.05, 4.69) is 28.6 Å². The number of carbonyl (C=O) groups excluding carboxylic acids is 1. The van der Waals surface area contributed by atoms with Crippen LogP contribution in [0.4, 0.5) is 4.39 Å². The number of hydrogen-bond donors (Lipinski definition) is 5. The summed E-state index contributed by atoms with van der Waals surface area (Å²) in [6.45, 7) is 2.96. The van der Waals surface area contributed by atoms with Crippen LogP contribution >= 0.6 is 0 Å². The number of nitrogens with one attached hydrogen (secondary N) is 5. The molecule has 6 nitrogen and oxygen atoms in total. The first kappa shape index (κ1) is 12.9. The van der Waals surface area contributed by atoms with Crippen molar-refractivity contribution < 1.29 is 14.3 Å². The van der Waals surface area contributed by atoms with Crippen LogP contribution in [-0.4, -0.2) is 18.7 Å². The lowest BCUT2D eigenvalue weighted by Gasteiger charge is -2.11. The fourth-order valence-corrected chi connectivity index (χ4v) is 1.68. The van der Waals surface area contributed by atoms with E-state index >= 15 is 0 Å². The normalized spacial score (nSPS) is 23.0. The zero-order valence-electron chi connectivity index (χ0n) is 10.1. The number of halogens is 1. The summed E-state index contributed by atoms with van der Waals surface area (Å²) in [6.07, 6.45) is 0.652. The van der Waals surface area contributed by atoms with Crippen molar-refractivity contribution in [2.45, 2.75) is 19.6 Å². The molecule has 18 heavy (non-hydrogen) atoms. The van der Waals surface area contributed by atoms with Crippen LogP contribution in [0.15, 0.2) is 24.3 Å². The minimum Gasteiger partial charge on any atom is -0.319 e. The van der Waals surface area contributed by atoms with Crippen LogP contribution < -0.4 is 26.8 Å². The SMILES string of the molecule is CCC[NH+]1NNC(NC(=O)c2ccc(F)cc2)N1. The van der Waals surface area contributed by atoms with Crippen molar-refractivity contribution in [2.75, 3.05) is 6.54 Å². The first-order valence-electron chi connectivity index (χ1n) is 5.89. The molecule has 2 unspecified atom stereocenters. The van der Waals surface area contributed by atoms with Gasteiger partial charge in [0.2, 0.25) is 0 Å². The molecule has 0 spiro atoms. The van der Waals surface area contributed by atoms with Gasteiger partial charge in [-0.2, -0.15) is 10.5 Å². The molecule has 1 heterocycles. The van der Waals surface area contributed by atoms with Gasteiger partial charge in [-0.3, -0.25) is 4.79 Å². The summed E-state index contributed by atoms with van der Waals surface area (Å²) in [6, 6.07) is 5.42. The number of amides is 1. The highest BCUT2D eigenvalue weighted by molar-refractivity contribution is 5.94. The second-order valence-electron chi connectivity index (χ2n) is 4.06. The highest BCUT2D eigenvalue weighted by atomic mass is 19.1. The fourth-order valence-electron chi connectivity index (χ4n) is 1.68. The van der Waals surface area contributed by atoms with E-state index in [0.717, 1.165) is 18.1 Å². The summed E-state index contributed by atoms with van der Waals surface area (Å²) in [7, 11) is 0. The highest BCUT2D eigenvalue weighted by Crippen LogP contribution is 2.02. The maximum atomic E-state index is 12.7. The Morgan fingerprint density at radius 2 is 2.17 bits per heavy atom. The third-order valence-corrected chi connectivity index (χ3v) is 2.57. The zero-order valence-corrected chi connectivity index (χ0v) is 10.1. The van der Waals surface area contributed by atoms with Gasteiger partial charge in [0.25, 0.3) is 5.91 Å². The number of carbonyl (C=O) groups is 1. The van der Waals surface area contributed by atoms with Gasteiger partial charge in [0, 0.05) is 5.56 Å². The van der Waals surface area contributed by atoms with Gasteiger partial charge in [-0.15, -0.1) is 5.43 Å². The van der Waals surface area contributed by atoms with E-state index in [1.165, 1.54) is 24.3 Å². The summed E-state index contributed by atoms with van der Waals surface area (Å²) >= 11 is 0. The lowest BCUT2D eigenvalue weighted by molar-refractivity contribution is -0.978. The molecule has 0 bridgehead atoms. The molecule has 1 saturated heterocycles. The Bertz CT molecular complexity index is 410. The third-order valence-electron chi connectivity index (χ3n) is 2.57. The minimum atomic E-state index is -0.358. The average molecular weight is 254 g/mol. The number of hydrogen-bond acceptors (Lipinski definition) is 4. The molecule has 98 valence electrons. The second-order valence-corrected chi connectivity index (χ2v) is 4.06. The molecule has 0 saturated carbocycles. The van der Waals surface area contributed by atoms with Crippen LogP contribution in [-0.2, 0) is 0 Å². The molecular formula is C11H17FN5O+. The van der Waals surface area contributed by atoms with Crippen molar-refractivity contribution in [3.8, 4) is 0 Å². The topological polar surface area (TPSA) is 69.6 Å². The molecule has 0 aromatic heterocycles. The third kappa shape index (κ3) is 3.23. The molecule has 1 aliphatic heterocycles. The Hall–Kier alpha value is -1.54. The van der Waals surface area contributed by atoms with Gasteiger partial charge >= 0.3 is 0 Å². The number of rotatable bonds is 4. The van der Waals surface area contributed by atoms with Crippen molar-refractivity contribution in [3.05, 3.63) is 35.6 Å². The summed E-state index contributed by atoms with van der Waals surface area (Å²) in [5.74, 6) is -0.622. The van der Waals surface area contributed by atoms with Crippen LogP contribution in [0.1, 0.15) is 23.7 Å². The van der Waals surface area contributed by atoms with Gasteiger partial charge in [0.15, 0.2) is 6.29 Å². The first-order chi connectivity index (χ1) is 8.69. The first-order valence-corrected chi connectivity index (χ1v) is 5.89. The van der Waals surface area contributed by atoms with Crippen LogP contribution in [0.25, 0.3) is 0 Å². The van der Waals surface area contributed by atoms with Crippen molar-refractivity contribution >= 4 is 5.91 Å². The largest absolute Gasteiger partial charge is 0.319 e. The van der Waals surface area contributed by atoms with Crippen molar-refractivity contribution in [3.63, 3.8) is 0 Å². The van der Waals surface area contributed by atoms with Gasteiger partial charge in [0.05, 0.1) is 0 Å². The van der Waals surface area contributed by atoms with Crippen LogP contribution in [0.3, 0.4) is 0 Å². The maximum absolute atomic E-state index is 12.7. The van der Waals surface area contributed by atoms with Crippen LogP contribution in [0.5, 0.6) is 0 Å². The lowest BCUT2D eigenvalue weighted by Crippen LogP contribution is -3.22. The van der Waals surface area contributed by atoms with Crippen molar-refractivity contribution in [1.82, 2.24) is 21.7 Å². The number of quaternary nitrogens is 1. The van der Waals surface area contributed by atoms with Crippen molar-refractivity contribution in [2.24, 2.45) is 0 Å². The molecule has 2 rings (SSSR count). The quantitative estimate of drug-likeness (QED) is 0.461. The van der Waals surface area contributed by atoms with Gasteiger partial charge in [-0.05, 0) is 30.7 Å². The summed E-state index contributed by atoms with van der Waals surface area (Å²) in [5, 5.41) is 3.68. The van der Waals surface area contributed by atoms with E-state index in [1.807, 2.05) is 0 Å². The summed E-state index contributed by atoms with van der Waals surface area (Å²) < 4.78 is 12.7. The van der Waals surface area contributed by atoms with Gasteiger partial charge in [-0.1, -0.05) is 12.5 Å². The molecule has 1 aromatic carbocycles.